The van der Waals surface area contributed by atoms with Gasteiger partial charge in [-0.25, -0.2) is 4.39 Å². The summed E-state index contributed by atoms with van der Waals surface area (Å²) in [4.78, 5) is 14.0. The number of likely N-dealkylation sites (tertiary alicyclic amines) is 1. The topological polar surface area (TPSA) is 32.3 Å². The Morgan fingerprint density at radius 2 is 2.05 bits per heavy atom. The Morgan fingerprint density at radius 3 is 2.63 bits per heavy atom. The molecule has 0 bridgehead atoms. The van der Waals surface area contributed by atoms with Gasteiger partial charge in [0.25, 0.3) is 5.91 Å². The Balaban J connectivity index is 2.11. The highest BCUT2D eigenvalue weighted by Crippen LogP contribution is 2.24. The number of carbonyl (C=O) groups excluding carboxylic acids is 1. The molecule has 0 aromatic heterocycles. The molecule has 3 nitrogen and oxygen atoms in total. The molecule has 104 valence electrons. The van der Waals surface area contributed by atoms with Gasteiger partial charge in [-0.05, 0) is 45.0 Å². The Hall–Kier alpha value is -1.13. The monoisotopic (exact) mass is 284 g/mol. The lowest BCUT2D eigenvalue weighted by Gasteiger charge is -2.39. The van der Waals surface area contributed by atoms with E-state index in [1.165, 1.54) is 18.2 Å². The van der Waals surface area contributed by atoms with Crippen LogP contribution in [0.25, 0.3) is 0 Å². The van der Waals surface area contributed by atoms with Crippen molar-refractivity contribution in [1.29, 1.82) is 0 Å². The fourth-order valence-corrected chi connectivity index (χ4v) is 2.46. The second-order valence-corrected chi connectivity index (χ2v) is 5.66. The maximum absolute atomic E-state index is 13.7. The van der Waals surface area contributed by atoms with E-state index in [1.54, 1.807) is 4.90 Å². The molecule has 1 heterocycles. The molecular formula is C14H18ClFN2O. The summed E-state index contributed by atoms with van der Waals surface area (Å²) in [6.07, 6.45) is 1.72. The van der Waals surface area contributed by atoms with Crippen LogP contribution in [0.1, 0.15) is 30.1 Å². The minimum Gasteiger partial charge on any atom is -0.338 e. The van der Waals surface area contributed by atoms with Crippen LogP contribution < -0.4 is 5.32 Å². The van der Waals surface area contributed by atoms with Gasteiger partial charge in [-0.1, -0.05) is 11.6 Å². The fourth-order valence-electron chi connectivity index (χ4n) is 2.29. The summed E-state index contributed by atoms with van der Waals surface area (Å²) in [7, 11) is 1.92. The summed E-state index contributed by atoms with van der Waals surface area (Å²) in [5.41, 5.74) is 0.115. The highest BCUT2D eigenvalue weighted by atomic mass is 35.5. The average molecular weight is 285 g/mol. The van der Waals surface area contributed by atoms with Gasteiger partial charge < -0.3 is 10.2 Å². The molecule has 0 saturated carbocycles. The number of carbonyl (C=O) groups is 1. The van der Waals surface area contributed by atoms with Crippen molar-refractivity contribution in [3.63, 3.8) is 0 Å². The van der Waals surface area contributed by atoms with Crippen molar-refractivity contribution in [3.05, 3.63) is 34.6 Å². The van der Waals surface area contributed by atoms with Gasteiger partial charge in [0.05, 0.1) is 5.56 Å². The van der Waals surface area contributed by atoms with E-state index >= 15 is 0 Å². The third-order valence-corrected chi connectivity index (χ3v) is 4.15. The minimum atomic E-state index is -0.517. The first-order valence-corrected chi connectivity index (χ1v) is 6.76. The van der Waals surface area contributed by atoms with Gasteiger partial charge in [0.2, 0.25) is 0 Å². The van der Waals surface area contributed by atoms with Crippen LogP contribution in [-0.4, -0.2) is 36.5 Å². The molecule has 2 rings (SSSR count). The van der Waals surface area contributed by atoms with E-state index in [-0.39, 0.29) is 17.0 Å². The number of rotatable bonds is 2. The van der Waals surface area contributed by atoms with Crippen molar-refractivity contribution < 1.29 is 9.18 Å². The van der Waals surface area contributed by atoms with Gasteiger partial charge in [-0.15, -0.1) is 0 Å². The number of nitrogens with one attached hydrogen (secondary N) is 1. The number of nitrogens with zero attached hydrogens (tertiary/aromatic N) is 1. The van der Waals surface area contributed by atoms with E-state index < -0.39 is 5.82 Å². The van der Waals surface area contributed by atoms with Crippen LogP contribution in [0.2, 0.25) is 5.02 Å². The molecule has 1 aromatic carbocycles. The predicted octanol–water partition coefficient (Wildman–Crippen LogP) is 2.69. The molecule has 0 spiro atoms. The Morgan fingerprint density at radius 1 is 1.42 bits per heavy atom. The van der Waals surface area contributed by atoms with Crippen molar-refractivity contribution in [1.82, 2.24) is 10.2 Å². The van der Waals surface area contributed by atoms with E-state index in [0.717, 1.165) is 12.8 Å². The van der Waals surface area contributed by atoms with Crippen molar-refractivity contribution in [2.75, 3.05) is 20.1 Å². The molecule has 0 aliphatic carbocycles. The minimum absolute atomic E-state index is 0.0561. The second kappa shape index (κ2) is 5.47. The first-order chi connectivity index (χ1) is 8.95. The molecule has 0 atom stereocenters. The van der Waals surface area contributed by atoms with Crippen LogP contribution in [0.3, 0.4) is 0 Å². The lowest BCUT2D eigenvalue weighted by molar-refractivity contribution is 0.0657. The van der Waals surface area contributed by atoms with E-state index in [9.17, 15) is 9.18 Å². The smallest absolute Gasteiger partial charge is 0.256 e. The normalized spacial score (nSPS) is 18.4. The third kappa shape index (κ3) is 3.07. The van der Waals surface area contributed by atoms with Crippen molar-refractivity contribution in [3.8, 4) is 0 Å². The van der Waals surface area contributed by atoms with E-state index in [2.05, 4.69) is 12.2 Å². The standard InChI is InChI=1S/C14H18ClFN2O/c1-14(17-2)5-7-18(8-6-14)13(19)11-9-10(15)3-4-12(11)16/h3-4,9,17H,5-8H2,1-2H3. The number of amides is 1. The van der Waals surface area contributed by atoms with Gasteiger partial charge >= 0.3 is 0 Å². The van der Waals surface area contributed by atoms with E-state index in [4.69, 9.17) is 11.6 Å². The number of piperidine rings is 1. The molecule has 0 radical (unpaired) electrons. The van der Waals surface area contributed by atoms with Crippen molar-refractivity contribution >= 4 is 17.5 Å². The predicted molar refractivity (Wildman–Crippen MR) is 74.0 cm³/mol. The van der Waals surface area contributed by atoms with Crippen LogP contribution in [0.4, 0.5) is 4.39 Å². The quantitative estimate of drug-likeness (QED) is 0.906. The maximum Gasteiger partial charge on any atom is 0.256 e. The average Bonchev–Trinajstić information content (AvgIpc) is 2.42. The summed E-state index contributed by atoms with van der Waals surface area (Å²) in [5, 5.41) is 3.64. The highest BCUT2D eigenvalue weighted by molar-refractivity contribution is 6.31. The van der Waals surface area contributed by atoms with Gasteiger partial charge in [0.15, 0.2) is 0 Å². The molecule has 5 heteroatoms. The summed E-state index contributed by atoms with van der Waals surface area (Å²) < 4.78 is 13.7. The molecule has 1 aliphatic heterocycles. The Labute approximate surface area is 117 Å². The Kier molecular flexibility index (Phi) is 4.11. The molecule has 1 fully saturated rings. The summed E-state index contributed by atoms with van der Waals surface area (Å²) in [6, 6.07) is 4.07. The van der Waals surface area contributed by atoms with Crippen LogP contribution >= 0.6 is 11.6 Å². The summed E-state index contributed by atoms with van der Waals surface area (Å²) in [5.74, 6) is -0.797. The first-order valence-electron chi connectivity index (χ1n) is 6.38. The van der Waals surface area contributed by atoms with Crippen molar-refractivity contribution in [2.45, 2.75) is 25.3 Å². The van der Waals surface area contributed by atoms with Gasteiger partial charge in [0.1, 0.15) is 5.82 Å². The zero-order valence-electron chi connectivity index (χ0n) is 11.2. The first kappa shape index (κ1) is 14.3. The van der Waals surface area contributed by atoms with Crippen LogP contribution in [0, 0.1) is 5.82 Å². The van der Waals surface area contributed by atoms with Crippen LogP contribution in [0.5, 0.6) is 0 Å². The zero-order valence-corrected chi connectivity index (χ0v) is 11.9. The molecule has 0 unspecified atom stereocenters. The molecule has 1 aromatic rings. The lowest BCUT2D eigenvalue weighted by Crippen LogP contribution is -2.51. The third-order valence-electron chi connectivity index (χ3n) is 3.92. The summed E-state index contributed by atoms with van der Waals surface area (Å²) >= 11 is 5.82. The summed E-state index contributed by atoms with van der Waals surface area (Å²) in [6.45, 7) is 3.39. The SMILES string of the molecule is CNC1(C)CCN(C(=O)c2cc(Cl)ccc2F)CC1. The van der Waals surface area contributed by atoms with Crippen LogP contribution in [0.15, 0.2) is 18.2 Å². The van der Waals surface area contributed by atoms with E-state index in [0.29, 0.717) is 18.1 Å². The maximum atomic E-state index is 13.7. The lowest BCUT2D eigenvalue weighted by atomic mass is 9.89. The molecule has 1 amide bonds. The van der Waals surface area contributed by atoms with Gasteiger partial charge in [-0.2, -0.15) is 0 Å². The molecule has 1 N–H and O–H groups in total. The van der Waals surface area contributed by atoms with E-state index in [1.807, 2.05) is 7.05 Å². The fraction of sp³-hybridized carbons (Fsp3) is 0.500. The second-order valence-electron chi connectivity index (χ2n) is 5.23. The highest BCUT2D eigenvalue weighted by Gasteiger charge is 2.31. The number of benzene rings is 1. The largest absolute Gasteiger partial charge is 0.338 e. The van der Waals surface area contributed by atoms with Crippen LogP contribution in [-0.2, 0) is 0 Å². The number of hydrogen-bond donors (Lipinski definition) is 1. The molecule has 19 heavy (non-hydrogen) atoms. The molecular weight excluding hydrogens is 267 g/mol. The number of hydrogen-bond acceptors (Lipinski definition) is 2. The van der Waals surface area contributed by atoms with Gasteiger partial charge in [-0.3, -0.25) is 4.79 Å². The molecule has 1 aliphatic rings. The van der Waals surface area contributed by atoms with Crippen molar-refractivity contribution in [2.24, 2.45) is 0 Å². The number of halogens is 2. The Bertz CT molecular complexity index is 484. The zero-order chi connectivity index (χ0) is 14.0. The molecule has 1 saturated heterocycles. The van der Waals surface area contributed by atoms with Gasteiger partial charge in [0, 0.05) is 23.7 Å².